The van der Waals surface area contributed by atoms with Gasteiger partial charge < -0.3 is 10.4 Å². The lowest BCUT2D eigenvalue weighted by molar-refractivity contribution is 0.0955. The van der Waals surface area contributed by atoms with Crippen molar-refractivity contribution >= 4 is 40.3 Å². The van der Waals surface area contributed by atoms with Crippen LogP contribution in [0.15, 0.2) is 24.3 Å². The molecule has 0 unspecified atom stereocenters. The van der Waals surface area contributed by atoms with Crippen molar-refractivity contribution in [2.45, 2.75) is 6.42 Å². The van der Waals surface area contributed by atoms with Gasteiger partial charge in [0.2, 0.25) is 0 Å². The van der Waals surface area contributed by atoms with Crippen LogP contribution in [0, 0.1) is 3.57 Å². The van der Waals surface area contributed by atoms with Crippen LogP contribution in [0.1, 0.15) is 16.8 Å². The number of aliphatic hydroxyl groups excluding tert-OH is 1. The van der Waals surface area contributed by atoms with Gasteiger partial charge in [-0.15, -0.1) is 0 Å². The van der Waals surface area contributed by atoms with Crippen LogP contribution in [0.25, 0.3) is 0 Å². The number of thioether (sulfide) groups is 1. The number of benzene rings is 1. The van der Waals surface area contributed by atoms with Crippen LogP contribution in [0.3, 0.4) is 0 Å². The van der Waals surface area contributed by atoms with Gasteiger partial charge in [-0.25, -0.2) is 0 Å². The topological polar surface area (TPSA) is 49.3 Å². The average molecular weight is 365 g/mol. The highest BCUT2D eigenvalue weighted by Crippen LogP contribution is 2.11. The van der Waals surface area contributed by atoms with E-state index in [4.69, 9.17) is 5.11 Å². The smallest absolute Gasteiger partial charge is 0.252 e. The van der Waals surface area contributed by atoms with Crippen molar-refractivity contribution in [2.24, 2.45) is 0 Å². The highest BCUT2D eigenvalue weighted by atomic mass is 127. The predicted octanol–water partition coefficient (Wildman–Crippen LogP) is 2.14. The molecule has 0 fully saturated rings. The number of amides is 1. The molecule has 0 atom stereocenters. The van der Waals surface area contributed by atoms with Crippen LogP contribution < -0.4 is 5.32 Å². The van der Waals surface area contributed by atoms with Crippen molar-refractivity contribution in [2.75, 3.05) is 24.7 Å². The molecular weight excluding hydrogens is 349 g/mol. The third kappa shape index (κ3) is 5.74. The Hall–Kier alpha value is -0.270. The second kappa shape index (κ2) is 8.77. The quantitative estimate of drug-likeness (QED) is 0.575. The average Bonchev–Trinajstić information content (AvgIpc) is 2.34. The molecule has 94 valence electrons. The zero-order valence-electron chi connectivity index (χ0n) is 9.49. The van der Waals surface area contributed by atoms with E-state index in [9.17, 15) is 4.79 Å². The first kappa shape index (κ1) is 14.8. The normalized spacial score (nSPS) is 10.2. The summed E-state index contributed by atoms with van der Waals surface area (Å²) in [6.07, 6.45) is 0.815. The summed E-state index contributed by atoms with van der Waals surface area (Å²) in [6.45, 7) is 0.904. The van der Waals surface area contributed by atoms with E-state index >= 15 is 0 Å². The molecule has 0 saturated heterocycles. The molecule has 0 radical (unpaired) electrons. The van der Waals surface area contributed by atoms with Crippen molar-refractivity contribution in [1.29, 1.82) is 0 Å². The molecule has 0 aliphatic carbocycles. The molecule has 0 saturated carbocycles. The van der Waals surface area contributed by atoms with E-state index in [1.54, 1.807) is 11.8 Å². The summed E-state index contributed by atoms with van der Waals surface area (Å²) in [6, 6.07) is 7.54. The van der Waals surface area contributed by atoms with Crippen molar-refractivity contribution < 1.29 is 9.90 Å². The number of hydrogen-bond donors (Lipinski definition) is 2. The Bertz CT molecular complexity index is 360. The fourth-order valence-corrected chi connectivity index (χ4v) is 2.66. The van der Waals surface area contributed by atoms with E-state index in [0.29, 0.717) is 6.54 Å². The number of aliphatic hydroxyl groups is 1. The number of nitrogens with one attached hydrogen (secondary N) is 1. The number of carbonyl (C=O) groups excluding carboxylic acids is 1. The summed E-state index contributed by atoms with van der Waals surface area (Å²) in [5.74, 6) is 1.81. The summed E-state index contributed by atoms with van der Waals surface area (Å²) in [5, 5.41) is 11.5. The standard InChI is InChI=1S/C12H16INO2S/c13-11-5-2-1-4-10(11)12(16)14-6-9-17-8-3-7-15/h1-2,4-5,15H,3,6-9H2,(H,14,16). The molecule has 1 rings (SSSR count). The Morgan fingerprint density at radius 3 is 2.82 bits per heavy atom. The Morgan fingerprint density at radius 2 is 2.12 bits per heavy atom. The maximum atomic E-state index is 11.8. The van der Waals surface area contributed by atoms with E-state index in [1.807, 2.05) is 24.3 Å². The van der Waals surface area contributed by atoms with Crippen LogP contribution >= 0.6 is 34.4 Å². The van der Waals surface area contributed by atoms with E-state index in [1.165, 1.54) is 0 Å². The predicted molar refractivity (Wildman–Crippen MR) is 80.5 cm³/mol. The highest BCUT2D eigenvalue weighted by Gasteiger charge is 2.07. The highest BCUT2D eigenvalue weighted by molar-refractivity contribution is 14.1. The van der Waals surface area contributed by atoms with Gasteiger partial charge in [-0.2, -0.15) is 11.8 Å². The van der Waals surface area contributed by atoms with E-state index < -0.39 is 0 Å². The maximum Gasteiger partial charge on any atom is 0.252 e. The molecule has 1 aromatic rings. The van der Waals surface area contributed by atoms with Crippen LogP contribution in [0.5, 0.6) is 0 Å². The summed E-state index contributed by atoms with van der Waals surface area (Å²) < 4.78 is 0.968. The molecule has 1 amide bonds. The molecule has 0 aliphatic rings. The van der Waals surface area contributed by atoms with Crippen LogP contribution in [-0.4, -0.2) is 35.7 Å². The fraction of sp³-hybridized carbons (Fsp3) is 0.417. The lowest BCUT2D eigenvalue weighted by atomic mass is 10.2. The minimum atomic E-state index is -0.0160. The Morgan fingerprint density at radius 1 is 1.35 bits per heavy atom. The largest absolute Gasteiger partial charge is 0.396 e. The van der Waals surface area contributed by atoms with Crippen LogP contribution in [0.2, 0.25) is 0 Å². The molecule has 0 heterocycles. The minimum Gasteiger partial charge on any atom is -0.396 e. The summed E-state index contributed by atoms with van der Waals surface area (Å²) in [7, 11) is 0. The van der Waals surface area contributed by atoms with Gasteiger partial charge in [0.05, 0.1) is 5.56 Å². The zero-order chi connectivity index (χ0) is 12.5. The van der Waals surface area contributed by atoms with Gasteiger partial charge in [-0.3, -0.25) is 4.79 Å². The number of carbonyl (C=O) groups is 1. The van der Waals surface area contributed by atoms with E-state index in [2.05, 4.69) is 27.9 Å². The summed E-state index contributed by atoms with van der Waals surface area (Å²) >= 11 is 3.90. The lowest BCUT2D eigenvalue weighted by Crippen LogP contribution is -2.26. The molecule has 0 aliphatic heterocycles. The first-order valence-electron chi connectivity index (χ1n) is 5.47. The molecule has 5 heteroatoms. The third-order valence-electron chi connectivity index (χ3n) is 2.10. The summed E-state index contributed by atoms with van der Waals surface area (Å²) in [5.41, 5.74) is 0.730. The van der Waals surface area contributed by atoms with Gasteiger partial charge in [-0.05, 0) is 46.9 Å². The Labute approximate surface area is 120 Å². The molecule has 2 N–H and O–H groups in total. The molecule has 1 aromatic carbocycles. The SMILES string of the molecule is O=C(NCCSCCCO)c1ccccc1I. The van der Waals surface area contributed by atoms with Crippen LogP contribution in [0.4, 0.5) is 0 Å². The molecule has 17 heavy (non-hydrogen) atoms. The van der Waals surface area contributed by atoms with Crippen molar-refractivity contribution in [3.8, 4) is 0 Å². The third-order valence-corrected chi connectivity index (χ3v) is 4.11. The van der Waals surface area contributed by atoms with Gasteiger partial charge in [-0.1, -0.05) is 12.1 Å². The molecular formula is C12H16INO2S. The molecule has 0 aromatic heterocycles. The van der Waals surface area contributed by atoms with Gasteiger partial charge in [0.25, 0.3) is 5.91 Å². The van der Waals surface area contributed by atoms with Crippen molar-refractivity contribution in [3.05, 3.63) is 33.4 Å². The van der Waals surface area contributed by atoms with Crippen molar-refractivity contribution in [3.63, 3.8) is 0 Å². The zero-order valence-corrected chi connectivity index (χ0v) is 12.5. The first-order chi connectivity index (χ1) is 8.25. The fourth-order valence-electron chi connectivity index (χ4n) is 1.25. The van der Waals surface area contributed by atoms with Gasteiger partial charge in [0.15, 0.2) is 0 Å². The van der Waals surface area contributed by atoms with E-state index in [0.717, 1.165) is 27.1 Å². The van der Waals surface area contributed by atoms with E-state index in [-0.39, 0.29) is 12.5 Å². The van der Waals surface area contributed by atoms with Gasteiger partial charge >= 0.3 is 0 Å². The number of hydrogen-bond acceptors (Lipinski definition) is 3. The van der Waals surface area contributed by atoms with Crippen LogP contribution in [-0.2, 0) is 0 Å². The monoisotopic (exact) mass is 365 g/mol. The Kier molecular flexibility index (Phi) is 7.63. The molecule has 3 nitrogen and oxygen atoms in total. The number of rotatable bonds is 7. The molecule has 0 spiro atoms. The van der Waals surface area contributed by atoms with Crippen molar-refractivity contribution in [1.82, 2.24) is 5.32 Å². The minimum absolute atomic E-state index is 0.0160. The molecule has 0 bridgehead atoms. The van der Waals surface area contributed by atoms with Gasteiger partial charge in [0, 0.05) is 22.5 Å². The second-order valence-electron chi connectivity index (χ2n) is 3.43. The second-order valence-corrected chi connectivity index (χ2v) is 5.81. The maximum absolute atomic E-state index is 11.8. The number of halogens is 1. The lowest BCUT2D eigenvalue weighted by Gasteiger charge is -2.06. The van der Waals surface area contributed by atoms with Gasteiger partial charge in [0.1, 0.15) is 0 Å². The Balaban J connectivity index is 2.24. The summed E-state index contributed by atoms with van der Waals surface area (Å²) in [4.78, 5) is 11.8. The first-order valence-corrected chi connectivity index (χ1v) is 7.70.